The first kappa shape index (κ1) is 12.4. The predicted octanol–water partition coefficient (Wildman–Crippen LogP) is -0.467. The molecular formula is C12H21N3O2. The van der Waals surface area contributed by atoms with Crippen LogP contribution in [0.2, 0.25) is 0 Å². The van der Waals surface area contributed by atoms with Crippen molar-refractivity contribution in [1.82, 2.24) is 15.1 Å². The fraction of sp³-hybridized carbons (Fsp3) is 0.833. The number of rotatable bonds is 3. The van der Waals surface area contributed by atoms with Gasteiger partial charge in [-0.2, -0.15) is 0 Å². The summed E-state index contributed by atoms with van der Waals surface area (Å²) in [5, 5.41) is 2.71. The maximum atomic E-state index is 12.1. The van der Waals surface area contributed by atoms with E-state index in [4.69, 9.17) is 0 Å². The van der Waals surface area contributed by atoms with Crippen LogP contribution < -0.4 is 5.32 Å². The Balaban J connectivity index is 1.81. The molecule has 96 valence electrons. The SMILES string of the molecule is CN1CCC(CN(C)C(=O)C2CNC(=O)C2)C1. The van der Waals surface area contributed by atoms with Crippen molar-refractivity contribution in [2.45, 2.75) is 12.8 Å². The van der Waals surface area contributed by atoms with Gasteiger partial charge in [-0.3, -0.25) is 9.59 Å². The van der Waals surface area contributed by atoms with Gasteiger partial charge < -0.3 is 15.1 Å². The Kier molecular flexibility index (Phi) is 3.66. The zero-order valence-electron chi connectivity index (χ0n) is 10.6. The molecular weight excluding hydrogens is 218 g/mol. The highest BCUT2D eigenvalue weighted by Crippen LogP contribution is 2.17. The fourth-order valence-electron chi connectivity index (χ4n) is 2.74. The van der Waals surface area contributed by atoms with E-state index in [9.17, 15) is 9.59 Å². The molecule has 2 aliphatic rings. The van der Waals surface area contributed by atoms with Crippen LogP contribution >= 0.6 is 0 Å². The highest BCUT2D eigenvalue weighted by atomic mass is 16.2. The van der Waals surface area contributed by atoms with Crippen molar-refractivity contribution < 1.29 is 9.59 Å². The number of nitrogens with one attached hydrogen (secondary N) is 1. The summed E-state index contributed by atoms with van der Waals surface area (Å²) in [4.78, 5) is 27.3. The van der Waals surface area contributed by atoms with Gasteiger partial charge in [-0.25, -0.2) is 0 Å². The minimum absolute atomic E-state index is 0.00245. The lowest BCUT2D eigenvalue weighted by molar-refractivity contribution is -0.135. The Hall–Kier alpha value is -1.10. The lowest BCUT2D eigenvalue weighted by atomic mass is 10.1. The third kappa shape index (κ3) is 2.97. The Morgan fingerprint density at radius 1 is 1.59 bits per heavy atom. The fourth-order valence-corrected chi connectivity index (χ4v) is 2.74. The molecule has 2 unspecified atom stereocenters. The molecule has 2 rings (SSSR count). The molecule has 17 heavy (non-hydrogen) atoms. The van der Waals surface area contributed by atoms with E-state index < -0.39 is 0 Å². The first-order valence-corrected chi connectivity index (χ1v) is 6.26. The molecule has 0 aromatic carbocycles. The molecule has 2 heterocycles. The van der Waals surface area contributed by atoms with Crippen LogP contribution in [0.5, 0.6) is 0 Å². The Morgan fingerprint density at radius 2 is 2.35 bits per heavy atom. The van der Waals surface area contributed by atoms with E-state index in [2.05, 4.69) is 17.3 Å². The number of nitrogens with zero attached hydrogens (tertiary/aromatic N) is 2. The van der Waals surface area contributed by atoms with Crippen LogP contribution in [0.15, 0.2) is 0 Å². The smallest absolute Gasteiger partial charge is 0.227 e. The van der Waals surface area contributed by atoms with Gasteiger partial charge in [0, 0.05) is 33.1 Å². The van der Waals surface area contributed by atoms with Crippen LogP contribution in [-0.4, -0.2) is 61.9 Å². The van der Waals surface area contributed by atoms with E-state index in [0.717, 1.165) is 26.1 Å². The van der Waals surface area contributed by atoms with Gasteiger partial charge in [0.05, 0.1) is 5.92 Å². The molecule has 2 saturated heterocycles. The standard InChI is InChI=1S/C12H21N3O2/c1-14-4-3-9(7-14)8-15(2)12(17)10-5-11(16)13-6-10/h9-10H,3-8H2,1-2H3,(H,13,16). The first-order valence-electron chi connectivity index (χ1n) is 6.26. The second-order valence-electron chi connectivity index (χ2n) is 5.34. The average molecular weight is 239 g/mol. The summed E-state index contributed by atoms with van der Waals surface area (Å²) in [6, 6.07) is 0. The molecule has 0 radical (unpaired) electrons. The molecule has 0 aliphatic carbocycles. The van der Waals surface area contributed by atoms with E-state index in [-0.39, 0.29) is 17.7 Å². The molecule has 5 heteroatoms. The summed E-state index contributed by atoms with van der Waals surface area (Å²) >= 11 is 0. The minimum atomic E-state index is -0.147. The number of likely N-dealkylation sites (tertiary alicyclic amines) is 1. The minimum Gasteiger partial charge on any atom is -0.355 e. The van der Waals surface area contributed by atoms with Crippen LogP contribution in [-0.2, 0) is 9.59 Å². The van der Waals surface area contributed by atoms with Crippen molar-refractivity contribution in [1.29, 1.82) is 0 Å². The Labute approximate surface area is 102 Å². The maximum absolute atomic E-state index is 12.1. The molecule has 1 N–H and O–H groups in total. The lowest BCUT2D eigenvalue weighted by Crippen LogP contribution is -2.37. The molecule has 2 fully saturated rings. The summed E-state index contributed by atoms with van der Waals surface area (Å²) in [5.74, 6) is 0.542. The summed E-state index contributed by atoms with van der Waals surface area (Å²) in [6.07, 6.45) is 1.52. The van der Waals surface area contributed by atoms with Crippen molar-refractivity contribution in [2.75, 3.05) is 40.3 Å². The summed E-state index contributed by atoms with van der Waals surface area (Å²) in [5.41, 5.74) is 0. The lowest BCUT2D eigenvalue weighted by Gasteiger charge is -2.23. The van der Waals surface area contributed by atoms with Gasteiger partial charge in [0.1, 0.15) is 0 Å². The Bertz CT molecular complexity index is 319. The van der Waals surface area contributed by atoms with Gasteiger partial charge in [0.15, 0.2) is 0 Å². The molecule has 2 aliphatic heterocycles. The van der Waals surface area contributed by atoms with Crippen LogP contribution in [0.25, 0.3) is 0 Å². The summed E-state index contributed by atoms with van der Waals surface area (Å²) < 4.78 is 0. The molecule has 5 nitrogen and oxygen atoms in total. The second-order valence-corrected chi connectivity index (χ2v) is 5.34. The number of carbonyl (C=O) groups is 2. The summed E-state index contributed by atoms with van der Waals surface area (Å²) in [7, 11) is 3.96. The van der Waals surface area contributed by atoms with Gasteiger partial charge in [0.25, 0.3) is 0 Å². The van der Waals surface area contributed by atoms with Crippen LogP contribution in [0.3, 0.4) is 0 Å². The average Bonchev–Trinajstić information content (AvgIpc) is 2.87. The van der Waals surface area contributed by atoms with E-state index in [0.29, 0.717) is 18.9 Å². The number of carbonyl (C=O) groups excluding carboxylic acids is 2. The van der Waals surface area contributed by atoms with E-state index in [1.807, 2.05) is 7.05 Å². The molecule has 0 aromatic heterocycles. The zero-order chi connectivity index (χ0) is 12.4. The maximum Gasteiger partial charge on any atom is 0.227 e. The zero-order valence-corrected chi connectivity index (χ0v) is 10.6. The first-order chi connectivity index (χ1) is 8.06. The van der Waals surface area contributed by atoms with Crippen molar-refractivity contribution >= 4 is 11.8 Å². The van der Waals surface area contributed by atoms with Crippen molar-refractivity contribution in [3.63, 3.8) is 0 Å². The van der Waals surface area contributed by atoms with Gasteiger partial charge in [-0.1, -0.05) is 0 Å². The molecule has 0 bridgehead atoms. The molecule has 0 spiro atoms. The Morgan fingerprint density at radius 3 is 2.88 bits per heavy atom. The largest absolute Gasteiger partial charge is 0.355 e. The number of hydrogen-bond acceptors (Lipinski definition) is 3. The monoisotopic (exact) mass is 239 g/mol. The van der Waals surface area contributed by atoms with Gasteiger partial charge in [-0.15, -0.1) is 0 Å². The molecule has 0 saturated carbocycles. The topological polar surface area (TPSA) is 52.6 Å². The van der Waals surface area contributed by atoms with Crippen molar-refractivity contribution in [3.05, 3.63) is 0 Å². The van der Waals surface area contributed by atoms with E-state index >= 15 is 0 Å². The van der Waals surface area contributed by atoms with Gasteiger partial charge >= 0.3 is 0 Å². The normalized spacial score (nSPS) is 29.4. The molecule has 0 aromatic rings. The number of hydrogen-bond donors (Lipinski definition) is 1. The van der Waals surface area contributed by atoms with Crippen molar-refractivity contribution in [3.8, 4) is 0 Å². The van der Waals surface area contributed by atoms with Gasteiger partial charge in [-0.05, 0) is 25.9 Å². The molecule has 2 atom stereocenters. The van der Waals surface area contributed by atoms with Crippen LogP contribution in [0, 0.1) is 11.8 Å². The highest BCUT2D eigenvalue weighted by Gasteiger charge is 2.31. The highest BCUT2D eigenvalue weighted by molar-refractivity contribution is 5.89. The number of amides is 2. The van der Waals surface area contributed by atoms with Crippen LogP contribution in [0.1, 0.15) is 12.8 Å². The van der Waals surface area contributed by atoms with E-state index in [1.165, 1.54) is 0 Å². The van der Waals surface area contributed by atoms with Gasteiger partial charge in [0.2, 0.25) is 11.8 Å². The van der Waals surface area contributed by atoms with E-state index in [1.54, 1.807) is 4.90 Å². The second kappa shape index (κ2) is 5.04. The van der Waals surface area contributed by atoms with Crippen molar-refractivity contribution in [2.24, 2.45) is 11.8 Å². The van der Waals surface area contributed by atoms with Crippen LogP contribution in [0.4, 0.5) is 0 Å². The predicted molar refractivity (Wildman–Crippen MR) is 64.4 cm³/mol. The third-order valence-electron chi connectivity index (χ3n) is 3.72. The summed E-state index contributed by atoms with van der Waals surface area (Å²) in [6.45, 7) is 3.51. The third-order valence-corrected chi connectivity index (χ3v) is 3.72. The quantitative estimate of drug-likeness (QED) is 0.724. The molecule has 2 amide bonds.